The normalized spacial score (nSPS) is 10.6. The van der Waals surface area contributed by atoms with Gasteiger partial charge in [-0.25, -0.2) is 0 Å². The van der Waals surface area contributed by atoms with Gasteiger partial charge in [0.2, 0.25) is 0 Å². The molecule has 0 saturated carbocycles. The van der Waals surface area contributed by atoms with E-state index in [4.69, 9.17) is 4.74 Å². The van der Waals surface area contributed by atoms with Gasteiger partial charge in [-0.1, -0.05) is 0 Å². The molecule has 0 bridgehead atoms. The van der Waals surface area contributed by atoms with Crippen molar-refractivity contribution in [3.05, 3.63) is 26.8 Å². The van der Waals surface area contributed by atoms with E-state index in [1.807, 2.05) is 26.1 Å². The van der Waals surface area contributed by atoms with Crippen LogP contribution in [0.25, 0.3) is 10.9 Å². The third-order valence-electron chi connectivity index (χ3n) is 2.54. The fraction of sp³-hybridized carbons (Fsp3) is 0.250. The summed E-state index contributed by atoms with van der Waals surface area (Å²) in [5.41, 5.74) is 2.87. The minimum absolute atomic E-state index is 0.792. The Labute approximate surface area is 117 Å². The summed E-state index contributed by atoms with van der Waals surface area (Å²) in [4.78, 5) is 4.55. The molecule has 2 aromatic rings. The summed E-state index contributed by atoms with van der Waals surface area (Å²) in [6.45, 7) is 1.97. The van der Waals surface area contributed by atoms with Crippen LogP contribution in [0.15, 0.2) is 21.1 Å². The Hall–Kier alpha value is -0.810. The van der Waals surface area contributed by atoms with Gasteiger partial charge in [-0.3, -0.25) is 4.98 Å². The van der Waals surface area contributed by atoms with E-state index in [1.54, 1.807) is 7.11 Å². The summed E-state index contributed by atoms with van der Waals surface area (Å²) in [7, 11) is 3.55. The first kappa shape index (κ1) is 12.6. The molecule has 1 heterocycles. The summed E-state index contributed by atoms with van der Waals surface area (Å²) in [5.74, 6) is 0.792. The fourth-order valence-electron chi connectivity index (χ4n) is 1.84. The number of methoxy groups -OCH3 is 1. The molecule has 0 atom stereocenters. The largest absolute Gasteiger partial charge is 0.495 e. The molecule has 0 unspecified atom stereocenters. The predicted octanol–water partition coefficient (Wildman–Crippen LogP) is 4.12. The van der Waals surface area contributed by atoms with Gasteiger partial charge < -0.3 is 10.1 Å². The molecule has 0 radical (unpaired) electrons. The number of nitrogens with zero attached hydrogens (tertiary/aromatic N) is 1. The highest BCUT2D eigenvalue weighted by Crippen LogP contribution is 2.41. The molecule has 90 valence electrons. The number of halogens is 2. The molecule has 2 rings (SSSR count). The van der Waals surface area contributed by atoms with E-state index in [0.29, 0.717) is 0 Å². The average molecular weight is 360 g/mol. The number of aromatic nitrogens is 1. The van der Waals surface area contributed by atoms with E-state index in [-0.39, 0.29) is 0 Å². The van der Waals surface area contributed by atoms with Crippen LogP contribution in [-0.4, -0.2) is 19.1 Å². The van der Waals surface area contributed by atoms with Gasteiger partial charge in [0.25, 0.3) is 0 Å². The molecule has 0 fully saturated rings. The number of benzene rings is 1. The van der Waals surface area contributed by atoms with Crippen LogP contribution in [0.5, 0.6) is 5.75 Å². The maximum Gasteiger partial charge on any atom is 0.144 e. The van der Waals surface area contributed by atoms with Crippen LogP contribution in [-0.2, 0) is 0 Å². The standard InChI is InChI=1S/C12H12Br2N2O/c1-6-4-9(15-2)10-11(16-6)7(13)5-8(14)12(10)17-3/h4-5H,1-3H3,(H,15,16). The van der Waals surface area contributed by atoms with Crippen molar-refractivity contribution in [1.82, 2.24) is 4.98 Å². The summed E-state index contributed by atoms with van der Waals surface area (Å²) in [5, 5.41) is 4.15. The van der Waals surface area contributed by atoms with Crippen LogP contribution >= 0.6 is 31.9 Å². The van der Waals surface area contributed by atoms with Gasteiger partial charge in [-0.05, 0) is 50.9 Å². The van der Waals surface area contributed by atoms with Crippen LogP contribution in [0.3, 0.4) is 0 Å². The first-order valence-electron chi connectivity index (χ1n) is 5.09. The zero-order valence-electron chi connectivity index (χ0n) is 9.77. The topological polar surface area (TPSA) is 34.2 Å². The molecule has 1 aromatic carbocycles. The molecule has 0 amide bonds. The summed E-state index contributed by atoms with van der Waals surface area (Å²) >= 11 is 7.03. The highest BCUT2D eigenvalue weighted by Gasteiger charge is 2.15. The molecular formula is C12H12Br2N2O. The maximum absolute atomic E-state index is 5.45. The number of hydrogen-bond acceptors (Lipinski definition) is 3. The highest BCUT2D eigenvalue weighted by atomic mass is 79.9. The van der Waals surface area contributed by atoms with Gasteiger partial charge in [-0.15, -0.1) is 0 Å². The number of ether oxygens (including phenoxy) is 1. The Morgan fingerprint density at radius 3 is 2.53 bits per heavy atom. The quantitative estimate of drug-likeness (QED) is 0.875. The summed E-state index contributed by atoms with van der Waals surface area (Å²) in [6, 6.07) is 3.96. The van der Waals surface area contributed by atoms with E-state index < -0.39 is 0 Å². The number of aryl methyl sites for hydroxylation is 1. The second-order valence-corrected chi connectivity index (χ2v) is 5.37. The molecule has 17 heavy (non-hydrogen) atoms. The zero-order valence-corrected chi connectivity index (χ0v) is 12.9. The Kier molecular flexibility index (Phi) is 3.58. The van der Waals surface area contributed by atoms with Crippen LogP contribution < -0.4 is 10.1 Å². The lowest BCUT2D eigenvalue weighted by Crippen LogP contribution is -1.97. The fourth-order valence-corrected chi connectivity index (χ4v) is 3.25. The van der Waals surface area contributed by atoms with Gasteiger partial charge in [0.05, 0.1) is 22.5 Å². The van der Waals surface area contributed by atoms with E-state index in [0.717, 1.165) is 37.0 Å². The maximum atomic E-state index is 5.45. The highest BCUT2D eigenvalue weighted by molar-refractivity contribution is 9.11. The van der Waals surface area contributed by atoms with E-state index in [2.05, 4.69) is 42.2 Å². The number of nitrogens with one attached hydrogen (secondary N) is 1. The van der Waals surface area contributed by atoms with E-state index >= 15 is 0 Å². The minimum Gasteiger partial charge on any atom is -0.495 e. The second-order valence-electron chi connectivity index (χ2n) is 3.66. The first-order chi connectivity index (χ1) is 8.08. The van der Waals surface area contributed by atoms with Gasteiger partial charge in [-0.2, -0.15) is 0 Å². The van der Waals surface area contributed by atoms with Crippen LogP contribution in [0.2, 0.25) is 0 Å². The summed E-state index contributed by atoms with van der Waals surface area (Å²) < 4.78 is 7.30. The Bertz CT molecular complexity index is 584. The van der Waals surface area contributed by atoms with Gasteiger partial charge in [0.1, 0.15) is 5.75 Å². The summed E-state index contributed by atoms with van der Waals surface area (Å²) in [6.07, 6.45) is 0. The molecule has 0 aliphatic heterocycles. The Balaban J connectivity index is 2.98. The molecule has 1 aromatic heterocycles. The van der Waals surface area contributed by atoms with Crippen molar-refractivity contribution in [3.8, 4) is 5.75 Å². The van der Waals surface area contributed by atoms with Crippen molar-refractivity contribution in [1.29, 1.82) is 0 Å². The third-order valence-corrected chi connectivity index (χ3v) is 3.74. The number of fused-ring (bicyclic) bond motifs is 1. The van der Waals surface area contributed by atoms with Gasteiger partial charge in [0, 0.05) is 22.9 Å². The van der Waals surface area contributed by atoms with Crippen LogP contribution in [0, 0.1) is 6.92 Å². The van der Waals surface area contributed by atoms with Crippen molar-refractivity contribution in [2.45, 2.75) is 6.92 Å². The lowest BCUT2D eigenvalue weighted by atomic mass is 10.1. The Morgan fingerprint density at radius 2 is 1.94 bits per heavy atom. The lowest BCUT2D eigenvalue weighted by Gasteiger charge is -2.14. The van der Waals surface area contributed by atoms with Crippen LogP contribution in [0.1, 0.15) is 5.69 Å². The molecule has 0 spiro atoms. The van der Waals surface area contributed by atoms with Gasteiger partial charge >= 0.3 is 0 Å². The number of rotatable bonds is 2. The number of pyridine rings is 1. The minimum atomic E-state index is 0.792. The molecule has 0 aliphatic carbocycles. The monoisotopic (exact) mass is 358 g/mol. The van der Waals surface area contributed by atoms with Crippen molar-refractivity contribution < 1.29 is 4.74 Å². The van der Waals surface area contributed by atoms with E-state index in [9.17, 15) is 0 Å². The van der Waals surface area contributed by atoms with Crippen molar-refractivity contribution >= 4 is 48.5 Å². The molecule has 5 heteroatoms. The third kappa shape index (κ3) is 2.13. The molecule has 3 nitrogen and oxygen atoms in total. The number of anilines is 1. The molecule has 0 aliphatic rings. The predicted molar refractivity (Wildman–Crippen MR) is 78.0 cm³/mol. The van der Waals surface area contributed by atoms with Crippen molar-refractivity contribution in [2.24, 2.45) is 0 Å². The lowest BCUT2D eigenvalue weighted by molar-refractivity contribution is 0.417. The van der Waals surface area contributed by atoms with E-state index in [1.165, 1.54) is 0 Å². The zero-order chi connectivity index (χ0) is 12.6. The van der Waals surface area contributed by atoms with Crippen molar-refractivity contribution in [2.75, 3.05) is 19.5 Å². The first-order valence-corrected chi connectivity index (χ1v) is 6.68. The molecule has 0 saturated heterocycles. The second kappa shape index (κ2) is 4.82. The smallest absolute Gasteiger partial charge is 0.144 e. The SMILES string of the molecule is CNc1cc(C)nc2c(Br)cc(Br)c(OC)c12. The van der Waals surface area contributed by atoms with Crippen molar-refractivity contribution in [3.63, 3.8) is 0 Å². The molecular weight excluding hydrogens is 348 g/mol. The number of hydrogen-bond donors (Lipinski definition) is 1. The molecule has 1 N–H and O–H groups in total. The Morgan fingerprint density at radius 1 is 1.24 bits per heavy atom. The van der Waals surface area contributed by atoms with Gasteiger partial charge in [0.15, 0.2) is 0 Å². The average Bonchev–Trinajstić information content (AvgIpc) is 2.29. The van der Waals surface area contributed by atoms with Crippen LogP contribution in [0.4, 0.5) is 5.69 Å².